The van der Waals surface area contributed by atoms with Crippen LogP contribution < -0.4 is 5.32 Å². The molecule has 1 saturated heterocycles. The van der Waals surface area contributed by atoms with Gasteiger partial charge in [0.2, 0.25) is 0 Å². The highest BCUT2D eigenvalue weighted by atomic mass is 16.5. The lowest BCUT2D eigenvalue weighted by Crippen LogP contribution is -2.41. The SMILES string of the molecule is O=C(NCc1ccc2nccn2c1)c1ccc(C2=CCN(C(=O)C3CCCO3)CC2)cc1. The van der Waals surface area contributed by atoms with Crippen molar-refractivity contribution in [2.24, 2.45) is 0 Å². The fourth-order valence-corrected chi connectivity index (χ4v) is 4.30. The van der Waals surface area contributed by atoms with Crippen molar-refractivity contribution in [2.75, 3.05) is 19.7 Å². The van der Waals surface area contributed by atoms with Crippen molar-refractivity contribution < 1.29 is 14.3 Å². The lowest BCUT2D eigenvalue weighted by Gasteiger charge is -2.28. The second-order valence-corrected chi connectivity index (χ2v) is 8.26. The number of hydrogen-bond donors (Lipinski definition) is 1. The van der Waals surface area contributed by atoms with Gasteiger partial charge in [-0.15, -0.1) is 0 Å². The van der Waals surface area contributed by atoms with Crippen molar-refractivity contribution in [3.63, 3.8) is 0 Å². The zero-order valence-electron chi connectivity index (χ0n) is 17.9. The van der Waals surface area contributed by atoms with Crippen molar-refractivity contribution in [1.29, 1.82) is 0 Å². The van der Waals surface area contributed by atoms with Crippen LogP contribution in [0.5, 0.6) is 0 Å². The largest absolute Gasteiger partial charge is 0.368 e. The highest BCUT2D eigenvalue weighted by Gasteiger charge is 2.29. The van der Waals surface area contributed by atoms with Crippen LogP contribution in [0.25, 0.3) is 11.2 Å². The van der Waals surface area contributed by atoms with Crippen LogP contribution in [0.3, 0.4) is 0 Å². The molecule has 2 aliphatic heterocycles. The van der Waals surface area contributed by atoms with E-state index in [-0.39, 0.29) is 17.9 Å². The molecular formula is C25H26N4O3. The number of pyridine rings is 1. The fraction of sp³-hybridized carbons (Fsp3) is 0.320. The maximum absolute atomic E-state index is 12.6. The number of carbonyl (C=O) groups excluding carboxylic acids is 2. The summed E-state index contributed by atoms with van der Waals surface area (Å²) >= 11 is 0. The lowest BCUT2D eigenvalue weighted by atomic mass is 9.98. The van der Waals surface area contributed by atoms with Gasteiger partial charge in [-0.3, -0.25) is 9.59 Å². The van der Waals surface area contributed by atoms with Crippen molar-refractivity contribution >= 4 is 23.0 Å². The summed E-state index contributed by atoms with van der Waals surface area (Å²) < 4.78 is 7.46. The molecule has 0 radical (unpaired) electrons. The van der Waals surface area contributed by atoms with Crippen LogP contribution in [0.15, 0.2) is 61.1 Å². The summed E-state index contributed by atoms with van der Waals surface area (Å²) in [6.45, 7) is 2.45. The number of fused-ring (bicyclic) bond motifs is 1. The van der Waals surface area contributed by atoms with Gasteiger partial charge in [-0.25, -0.2) is 4.98 Å². The van der Waals surface area contributed by atoms with Gasteiger partial charge in [-0.2, -0.15) is 0 Å². The molecule has 1 unspecified atom stereocenters. The third-order valence-corrected chi connectivity index (χ3v) is 6.15. The summed E-state index contributed by atoms with van der Waals surface area (Å²) in [6, 6.07) is 11.6. The molecule has 1 atom stereocenters. The topological polar surface area (TPSA) is 75.9 Å². The van der Waals surface area contributed by atoms with Crippen LogP contribution in [0.1, 0.15) is 40.7 Å². The molecular weight excluding hydrogens is 404 g/mol. The summed E-state index contributed by atoms with van der Waals surface area (Å²) in [5, 5.41) is 2.97. The summed E-state index contributed by atoms with van der Waals surface area (Å²) in [6.07, 6.45) is 10.0. The zero-order valence-corrected chi connectivity index (χ0v) is 17.9. The number of hydrogen-bond acceptors (Lipinski definition) is 4. The molecule has 7 heteroatoms. The van der Waals surface area contributed by atoms with E-state index in [1.54, 1.807) is 6.20 Å². The normalized spacial score (nSPS) is 18.6. The Morgan fingerprint density at radius 3 is 2.78 bits per heavy atom. The maximum Gasteiger partial charge on any atom is 0.251 e. The van der Waals surface area contributed by atoms with Crippen LogP contribution >= 0.6 is 0 Å². The first-order valence-corrected chi connectivity index (χ1v) is 11.1. The molecule has 0 spiro atoms. The number of nitrogens with one attached hydrogen (secondary N) is 1. The highest BCUT2D eigenvalue weighted by Crippen LogP contribution is 2.24. The number of nitrogens with zero attached hydrogens (tertiary/aromatic N) is 3. The molecule has 2 amide bonds. The lowest BCUT2D eigenvalue weighted by molar-refractivity contribution is -0.140. The van der Waals surface area contributed by atoms with E-state index in [2.05, 4.69) is 16.4 Å². The van der Waals surface area contributed by atoms with Crippen molar-refractivity contribution in [1.82, 2.24) is 19.6 Å². The van der Waals surface area contributed by atoms with E-state index in [4.69, 9.17) is 4.74 Å². The Kier molecular flexibility index (Phi) is 5.73. The summed E-state index contributed by atoms with van der Waals surface area (Å²) in [5.41, 5.74) is 4.82. The molecule has 1 N–H and O–H groups in total. The number of rotatable bonds is 5. The van der Waals surface area contributed by atoms with Gasteiger partial charge in [0.25, 0.3) is 11.8 Å². The number of benzene rings is 1. The minimum absolute atomic E-state index is 0.103. The Bertz CT molecular complexity index is 1160. The molecule has 2 aromatic heterocycles. The van der Waals surface area contributed by atoms with Crippen LogP contribution in [0.2, 0.25) is 0 Å². The molecule has 3 aromatic rings. The van der Waals surface area contributed by atoms with E-state index in [9.17, 15) is 9.59 Å². The Morgan fingerprint density at radius 2 is 2.03 bits per heavy atom. The van der Waals surface area contributed by atoms with Gasteiger partial charge in [0.1, 0.15) is 11.8 Å². The predicted octanol–water partition coefficient (Wildman–Crippen LogP) is 3.06. The van der Waals surface area contributed by atoms with Crippen LogP contribution in [-0.2, 0) is 16.1 Å². The monoisotopic (exact) mass is 430 g/mol. The van der Waals surface area contributed by atoms with Gasteiger partial charge >= 0.3 is 0 Å². The van der Waals surface area contributed by atoms with E-state index in [0.29, 0.717) is 31.8 Å². The predicted molar refractivity (Wildman–Crippen MR) is 121 cm³/mol. The molecule has 7 nitrogen and oxygen atoms in total. The second kappa shape index (κ2) is 8.96. The first-order chi connectivity index (χ1) is 15.7. The van der Waals surface area contributed by atoms with Gasteiger partial charge in [0, 0.05) is 50.4 Å². The standard InChI is InChI=1S/C25H26N4O3/c30-24(27-16-18-3-8-23-26-11-14-29(23)17-18)21-6-4-19(5-7-21)20-9-12-28(13-10-20)25(31)22-2-1-15-32-22/h3-9,11,14,17,22H,1-2,10,12-13,15-16H2,(H,27,30). The quantitative estimate of drug-likeness (QED) is 0.675. The Balaban J connectivity index is 1.17. The van der Waals surface area contributed by atoms with Crippen LogP contribution in [0, 0.1) is 0 Å². The third-order valence-electron chi connectivity index (χ3n) is 6.15. The molecule has 1 fully saturated rings. The highest BCUT2D eigenvalue weighted by molar-refractivity contribution is 5.94. The molecule has 2 aliphatic rings. The van der Waals surface area contributed by atoms with Gasteiger partial charge in [0.05, 0.1) is 0 Å². The molecule has 32 heavy (non-hydrogen) atoms. The summed E-state index contributed by atoms with van der Waals surface area (Å²) in [5.74, 6) is 0.00486. The van der Waals surface area contributed by atoms with E-state index in [1.807, 2.05) is 58.1 Å². The summed E-state index contributed by atoms with van der Waals surface area (Å²) in [4.78, 5) is 31.2. The van der Waals surface area contributed by atoms with E-state index in [0.717, 1.165) is 36.0 Å². The minimum atomic E-state index is -0.260. The first-order valence-electron chi connectivity index (χ1n) is 11.1. The number of amides is 2. The Labute approximate surface area is 186 Å². The molecule has 1 aromatic carbocycles. The van der Waals surface area contributed by atoms with Crippen LogP contribution in [0.4, 0.5) is 0 Å². The average Bonchev–Trinajstić information content (AvgIpc) is 3.54. The summed E-state index contributed by atoms with van der Waals surface area (Å²) in [7, 11) is 0. The number of ether oxygens (including phenoxy) is 1. The zero-order chi connectivity index (χ0) is 21.9. The van der Waals surface area contributed by atoms with Gasteiger partial charge in [-0.05, 0) is 54.2 Å². The number of aromatic nitrogens is 2. The fourth-order valence-electron chi connectivity index (χ4n) is 4.30. The van der Waals surface area contributed by atoms with Gasteiger partial charge < -0.3 is 19.4 Å². The molecule has 164 valence electrons. The van der Waals surface area contributed by atoms with Gasteiger partial charge in [-0.1, -0.05) is 24.3 Å². The first kappa shape index (κ1) is 20.5. The third kappa shape index (κ3) is 4.29. The molecule has 0 saturated carbocycles. The van der Waals surface area contributed by atoms with E-state index < -0.39 is 0 Å². The molecule has 5 rings (SSSR count). The number of imidazole rings is 1. The van der Waals surface area contributed by atoms with Gasteiger partial charge in [0.15, 0.2) is 0 Å². The smallest absolute Gasteiger partial charge is 0.251 e. The maximum atomic E-state index is 12.6. The van der Waals surface area contributed by atoms with Crippen LogP contribution in [-0.4, -0.2) is 51.9 Å². The van der Waals surface area contributed by atoms with E-state index in [1.165, 1.54) is 5.57 Å². The van der Waals surface area contributed by atoms with Crippen molar-refractivity contribution in [3.8, 4) is 0 Å². The van der Waals surface area contributed by atoms with Crippen molar-refractivity contribution in [3.05, 3.63) is 77.8 Å². The molecule has 0 bridgehead atoms. The molecule has 4 heterocycles. The molecule has 0 aliphatic carbocycles. The Hall–Kier alpha value is -3.45. The number of carbonyl (C=O) groups is 2. The Morgan fingerprint density at radius 1 is 1.16 bits per heavy atom. The minimum Gasteiger partial charge on any atom is -0.368 e. The van der Waals surface area contributed by atoms with E-state index >= 15 is 0 Å². The average molecular weight is 431 g/mol. The van der Waals surface area contributed by atoms with Crippen molar-refractivity contribution in [2.45, 2.75) is 31.9 Å². The second-order valence-electron chi connectivity index (χ2n) is 8.26.